The predicted octanol–water partition coefficient (Wildman–Crippen LogP) is 27.6. The van der Waals surface area contributed by atoms with Crippen LogP contribution in [-0.4, -0.2) is 19.1 Å². The third-order valence-electron chi connectivity index (χ3n) is 29.4. The lowest BCUT2D eigenvalue weighted by Gasteiger charge is -2.61. The number of rotatable bonds is 7. The lowest BCUT2D eigenvalue weighted by molar-refractivity contribution is -0.0399. The molecule has 18 aromatic rings. The van der Waals surface area contributed by atoms with E-state index in [-0.39, 0.29) is 10.8 Å². The first-order valence-corrected chi connectivity index (χ1v) is 41.5. The highest BCUT2D eigenvalue weighted by atomic mass is 15.2. The van der Waals surface area contributed by atoms with Gasteiger partial charge in [0.15, 0.2) is 0 Å². The van der Waals surface area contributed by atoms with Crippen LogP contribution < -0.4 is 0 Å². The summed E-state index contributed by atoms with van der Waals surface area (Å²) in [5.74, 6) is 7.36. The van der Waals surface area contributed by atoms with Gasteiger partial charge < -0.3 is 4.57 Å². The molecule has 15 aromatic carbocycles. The van der Waals surface area contributed by atoms with E-state index in [1.807, 2.05) is 0 Å². The van der Waals surface area contributed by atoms with Crippen molar-refractivity contribution in [3.63, 3.8) is 0 Å². The Hall–Kier alpha value is -12.2. The number of benzene rings is 15. The molecule has 3 aromatic heterocycles. The Balaban J connectivity index is 0.000000128. The fourth-order valence-corrected chi connectivity index (χ4v) is 25.7. The Labute approximate surface area is 652 Å². The minimum atomic E-state index is 0.122. The molecule has 0 atom stereocenters. The summed E-state index contributed by atoms with van der Waals surface area (Å²) in [5, 5.41) is 11.0. The summed E-state index contributed by atoms with van der Waals surface area (Å²) in [4.78, 5) is 11.2. The first-order valence-electron chi connectivity index (χ1n) is 41.5. The second-order valence-electron chi connectivity index (χ2n) is 34.6. The molecule has 8 saturated carbocycles. The number of nitrogens with zero attached hydrogens (tertiary/aromatic N) is 4. The largest absolute Gasteiger partial charge is 0.309 e. The highest BCUT2D eigenvalue weighted by Crippen LogP contribution is 2.72. The van der Waals surface area contributed by atoms with E-state index in [2.05, 4.69) is 337 Å². The summed E-state index contributed by atoms with van der Waals surface area (Å²) < 4.78 is 4.82. The van der Waals surface area contributed by atoms with E-state index >= 15 is 0 Å². The molecule has 3 heterocycles. The molecule has 0 aliphatic heterocycles. The summed E-state index contributed by atoms with van der Waals surface area (Å²) in [6, 6.07) is 123. The van der Waals surface area contributed by atoms with E-state index in [1.165, 1.54) is 185 Å². The van der Waals surface area contributed by atoms with Crippen LogP contribution in [0.25, 0.3) is 166 Å². The van der Waals surface area contributed by atoms with Gasteiger partial charge in [-0.1, -0.05) is 279 Å². The SMILES string of the molecule is c1ccc(-c2ccc(-n3c4ccccc4c4c(-c5ccc6c(c5)C5(c7ccccc7-6)C6CC7CC(C6)CC5C7)cccc43)cc2-c2ccccc2)cc1.c1ccc(-c2nc(-n3c4ccccc4c4c(-c5ccc6c(c5)C5(c7ccccc7-6)C6CC7CC(C6)CC5C7)cccc43)nc3c4ccccc4c4ccccc4c23)cc1. The Morgan fingerprint density at radius 1 is 0.232 bits per heavy atom. The minimum absolute atomic E-state index is 0.122. The third kappa shape index (κ3) is 8.90. The van der Waals surface area contributed by atoms with Crippen LogP contribution in [0.2, 0.25) is 0 Å². The van der Waals surface area contributed by atoms with Crippen molar-refractivity contribution in [2.75, 3.05) is 0 Å². The van der Waals surface area contributed by atoms with Gasteiger partial charge in [-0.25, -0.2) is 9.97 Å². The number of para-hydroxylation sites is 2. The Morgan fingerprint density at radius 2 is 0.616 bits per heavy atom. The molecule has 28 rings (SSSR count). The molecule has 4 nitrogen and oxygen atoms in total. The normalized spacial score (nSPS) is 23.1. The quantitative estimate of drug-likeness (QED) is 0.149. The van der Waals surface area contributed by atoms with E-state index in [0.717, 1.165) is 85.9 Å². The number of aromatic nitrogens is 4. The molecule has 0 saturated heterocycles. The van der Waals surface area contributed by atoms with Crippen molar-refractivity contribution >= 4 is 76.1 Å². The Morgan fingerprint density at radius 3 is 1.14 bits per heavy atom. The van der Waals surface area contributed by atoms with Gasteiger partial charge in [0.05, 0.1) is 33.3 Å². The molecular weight excluding hydrogens is 1350 g/mol. The molecule has 8 bridgehead atoms. The van der Waals surface area contributed by atoms with Gasteiger partial charge in [0, 0.05) is 54.4 Å². The Bertz CT molecular complexity index is 6920. The molecular formula is C108H82N4. The van der Waals surface area contributed by atoms with Gasteiger partial charge in [-0.05, 0) is 265 Å². The first kappa shape index (κ1) is 63.5. The molecule has 0 radical (unpaired) electrons. The molecule has 0 N–H and O–H groups in total. The smallest absolute Gasteiger partial charge is 0.235 e. The molecule has 534 valence electrons. The van der Waals surface area contributed by atoms with E-state index in [9.17, 15) is 0 Å². The maximum absolute atomic E-state index is 5.61. The molecule has 4 heteroatoms. The molecule has 112 heavy (non-hydrogen) atoms. The summed E-state index contributed by atoms with van der Waals surface area (Å²) in [5.41, 5.74) is 31.8. The number of fused-ring (bicyclic) bond motifs is 18. The van der Waals surface area contributed by atoms with Gasteiger partial charge in [0.2, 0.25) is 5.95 Å². The monoisotopic (exact) mass is 1430 g/mol. The van der Waals surface area contributed by atoms with E-state index < -0.39 is 0 Å². The zero-order valence-electron chi connectivity index (χ0n) is 62.7. The maximum atomic E-state index is 5.61. The van der Waals surface area contributed by atoms with E-state index in [0.29, 0.717) is 5.95 Å². The van der Waals surface area contributed by atoms with Crippen molar-refractivity contribution in [1.82, 2.24) is 19.1 Å². The topological polar surface area (TPSA) is 35.6 Å². The second kappa shape index (κ2) is 24.1. The van der Waals surface area contributed by atoms with Crippen LogP contribution in [0.15, 0.2) is 328 Å². The molecule has 10 aliphatic carbocycles. The van der Waals surface area contributed by atoms with E-state index in [1.54, 1.807) is 22.3 Å². The van der Waals surface area contributed by atoms with Gasteiger partial charge in [-0.15, -0.1) is 0 Å². The number of hydrogen-bond donors (Lipinski definition) is 0. The van der Waals surface area contributed by atoms with Crippen LogP contribution in [-0.2, 0) is 10.8 Å². The highest BCUT2D eigenvalue weighted by molar-refractivity contribution is 6.27. The lowest BCUT2D eigenvalue weighted by atomic mass is 9.43. The molecule has 0 amide bonds. The van der Waals surface area contributed by atoms with Gasteiger partial charge in [-0.2, -0.15) is 0 Å². The van der Waals surface area contributed by atoms with Crippen LogP contribution in [0.3, 0.4) is 0 Å². The maximum Gasteiger partial charge on any atom is 0.235 e. The van der Waals surface area contributed by atoms with Crippen LogP contribution in [0.1, 0.15) is 86.5 Å². The zero-order valence-corrected chi connectivity index (χ0v) is 62.7. The Kier molecular flexibility index (Phi) is 13.7. The van der Waals surface area contributed by atoms with Crippen molar-refractivity contribution in [1.29, 1.82) is 0 Å². The average molecular weight is 1440 g/mol. The van der Waals surface area contributed by atoms with Crippen molar-refractivity contribution in [2.24, 2.45) is 47.3 Å². The van der Waals surface area contributed by atoms with Crippen molar-refractivity contribution in [2.45, 2.75) is 75.0 Å². The summed E-state index contributed by atoms with van der Waals surface area (Å²) in [7, 11) is 0. The van der Waals surface area contributed by atoms with Crippen molar-refractivity contribution in [3.8, 4) is 89.7 Å². The minimum Gasteiger partial charge on any atom is -0.309 e. The van der Waals surface area contributed by atoms with Gasteiger partial charge >= 0.3 is 0 Å². The summed E-state index contributed by atoms with van der Waals surface area (Å²) >= 11 is 0. The fraction of sp³-hybridized carbons (Fsp3) is 0.185. The molecule has 2 spiro atoms. The van der Waals surface area contributed by atoms with Gasteiger partial charge in [-0.3, -0.25) is 4.57 Å². The zero-order chi connectivity index (χ0) is 73.1. The second-order valence-corrected chi connectivity index (χ2v) is 34.6. The van der Waals surface area contributed by atoms with Crippen molar-refractivity contribution < 1.29 is 0 Å². The van der Waals surface area contributed by atoms with Crippen LogP contribution in [0.5, 0.6) is 0 Å². The highest BCUT2D eigenvalue weighted by Gasteiger charge is 2.63. The van der Waals surface area contributed by atoms with Crippen LogP contribution >= 0.6 is 0 Å². The first-order chi connectivity index (χ1) is 55.5. The summed E-state index contributed by atoms with van der Waals surface area (Å²) in [6.07, 6.45) is 14.1. The molecule has 10 aliphatic rings. The average Bonchev–Trinajstić information content (AvgIpc) is 1.56. The predicted molar refractivity (Wildman–Crippen MR) is 463 cm³/mol. The van der Waals surface area contributed by atoms with E-state index in [4.69, 9.17) is 9.97 Å². The van der Waals surface area contributed by atoms with Crippen LogP contribution in [0, 0.1) is 47.3 Å². The summed E-state index contributed by atoms with van der Waals surface area (Å²) in [6.45, 7) is 0. The molecule has 0 unspecified atom stereocenters. The van der Waals surface area contributed by atoms with Gasteiger partial charge in [0.1, 0.15) is 0 Å². The third-order valence-corrected chi connectivity index (χ3v) is 29.4. The van der Waals surface area contributed by atoms with Crippen LogP contribution in [0.4, 0.5) is 0 Å². The lowest BCUT2D eigenvalue weighted by Crippen LogP contribution is -2.55. The van der Waals surface area contributed by atoms with Gasteiger partial charge in [0.25, 0.3) is 0 Å². The standard InChI is InChI=1S/C56H41N3.C52H41N/c1-2-13-35(14-3-1)53-52-44-18-6-4-15-40(44)41-16-5-7-19-45(41)54(52)58-55(57-53)59-49-23-11-9-20-46(49)51-39(21-12-24-50(51)59)36-25-26-43-42-17-8-10-22-47(42)56(48(43)32-36)37-28-33-27-34(30-37)31-38(56)29-33;1-3-12-35(13-4-1)41-25-23-40(32-46(41)36-14-5-2-6-15-36)53-49-20-10-8-17-45(49)51-42(18-11-21-50(51)53)37-22-24-44-43-16-7-9-19-47(43)52(48(44)31-37)38-27-33-26-34(29-38)30-39(52)28-33/h1-26,32-34,37-38H,27-31H2;1-25,31-34,38-39H,26-30H2. The fourth-order valence-electron chi connectivity index (χ4n) is 25.7. The van der Waals surface area contributed by atoms with Crippen molar-refractivity contribution in [3.05, 3.63) is 350 Å². The molecule has 8 fully saturated rings. The number of hydrogen-bond acceptors (Lipinski definition) is 2.